The lowest BCUT2D eigenvalue weighted by molar-refractivity contribution is 0.0522. The first-order valence-electron chi connectivity index (χ1n) is 3.73. The van der Waals surface area contributed by atoms with Crippen molar-refractivity contribution in [3.05, 3.63) is 23.8 Å². The van der Waals surface area contributed by atoms with E-state index in [1.807, 2.05) is 0 Å². The number of aromatic nitrogens is 1. The highest BCUT2D eigenvalue weighted by atomic mass is 19.1. The highest BCUT2D eigenvalue weighted by molar-refractivity contribution is 6.36. The number of carbonyl (C=O) groups excluding carboxylic acids is 1. The first kappa shape index (κ1) is 9.70. The van der Waals surface area contributed by atoms with Crippen molar-refractivity contribution in [2.45, 2.75) is 6.92 Å². The van der Waals surface area contributed by atoms with Crippen LogP contribution in [0.2, 0.25) is 0 Å². The van der Waals surface area contributed by atoms with E-state index < -0.39 is 11.8 Å². The van der Waals surface area contributed by atoms with Gasteiger partial charge in [-0.3, -0.25) is 4.98 Å². The third kappa shape index (κ3) is 2.05. The van der Waals surface area contributed by atoms with E-state index in [1.54, 1.807) is 6.92 Å². The molecule has 1 heterocycles. The number of nitrogens with zero attached hydrogens (tertiary/aromatic N) is 1. The Labute approximate surface area is 76.3 Å². The smallest absolute Gasteiger partial charge is 0.340 e. The summed E-state index contributed by atoms with van der Waals surface area (Å²) in [5.41, 5.74) is -0.268. The van der Waals surface area contributed by atoms with Crippen LogP contribution in [0.25, 0.3) is 0 Å². The van der Waals surface area contributed by atoms with Gasteiger partial charge in [-0.1, -0.05) is 5.46 Å². The van der Waals surface area contributed by atoms with E-state index in [0.29, 0.717) is 0 Å². The molecule has 0 saturated carbocycles. The molecule has 0 bridgehead atoms. The highest BCUT2D eigenvalue weighted by Gasteiger charge is 2.14. The predicted octanol–water partition coefficient (Wildman–Crippen LogP) is 0.191. The molecule has 66 valence electrons. The van der Waals surface area contributed by atoms with Crippen LogP contribution >= 0.6 is 0 Å². The Balaban J connectivity index is 3.05. The molecule has 1 rings (SSSR count). The fourth-order valence-electron chi connectivity index (χ4n) is 0.869. The van der Waals surface area contributed by atoms with Crippen molar-refractivity contribution >= 4 is 19.3 Å². The van der Waals surface area contributed by atoms with Crippen LogP contribution in [0, 0.1) is 5.82 Å². The number of rotatable bonds is 2. The van der Waals surface area contributed by atoms with Crippen LogP contribution in [-0.2, 0) is 4.74 Å². The zero-order chi connectivity index (χ0) is 9.84. The fraction of sp³-hybridized carbons (Fsp3) is 0.250. The molecule has 5 heteroatoms. The Morgan fingerprint density at radius 1 is 1.69 bits per heavy atom. The molecule has 1 aromatic heterocycles. The molecule has 0 aliphatic rings. The molecule has 0 aliphatic heterocycles. The average Bonchev–Trinajstić information content (AvgIpc) is 2.04. The van der Waals surface area contributed by atoms with E-state index >= 15 is 0 Å². The summed E-state index contributed by atoms with van der Waals surface area (Å²) >= 11 is 0. The van der Waals surface area contributed by atoms with E-state index in [9.17, 15) is 9.18 Å². The molecule has 0 aromatic carbocycles. The van der Waals surface area contributed by atoms with Crippen molar-refractivity contribution in [1.29, 1.82) is 0 Å². The quantitative estimate of drug-likeness (QED) is 0.480. The monoisotopic (exact) mass is 179 g/mol. The summed E-state index contributed by atoms with van der Waals surface area (Å²) in [5.74, 6) is -1.53. The van der Waals surface area contributed by atoms with Gasteiger partial charge in [-0.15, -0.1) is 0 Å². The van der Waals surface area contributed by atoms with Crippen molar-refractivity contribution in [1.82, 2.24) is 4.98 Å². The van der Waals surface area contributed by atoms with Crippen LogP contribution in [0.3, 0.4) is 0 Å². The molecule has 0 fully saturated rings. The molecule has 0 unspecified atom stereocenters. The Hall–Kier alpha value is -1.39. The number of carbonyl (C=O) groups is 1. The van der Waals surface area contributed by atoms with Gasteiger partial charge in [0.25, 0.3) is 0 Å². The van der Waals surface area contributed by atoms with Gasteiger partial charge in [0.1, 0.15) is 7.85 Å². The van der Waals surface area contributed by atoms with Crippen molar-refractivity contribution < 1.29 is 13.9 Å². The summed E-state index contributed by atoms with van der Waals surface area (Å²) in [6.07, 6.45) is 2.12. The summed E-state index contributed by atoms with van der Waals surface area (Å²) in [6, 6.07) is 0. The van der Waals surface area contributed by atoms with Crippen LogP contribution in [-0.4, -0.2) is 25.4 Å². The minimum Gasteiger partial charge on any atom is -0.462 e. The summed E-state index contributed by atoms with van der Waals surface area (Å²) in [4.78, 5) is 14.6. The number of hydrogen-bond acceptors (Lipinski definition) is 3. The van der Waals surface area contributed by atoms with E-state index in [4.69, 9.17) is 7.85 Å². The zero-order valence-corrected chi connectivity index (χ0v) is 7.08. The van der Waals surface area contributed by atoms with Crippen LogP contribution < -0.4 is 5.46 Å². The number of esters is 1. The molecular weight excluding hydrogens is 172 g/mol. The van der Waals surface area contributed by atoms with Gasteiger partial charge in [-0.25, -0.2) is 9.18 Å². The number of ether oxygens (including phenoxy) is 1. The summed E-state index contributed by atoms with van der Waals surface area (Å²) < 4.78 is 17.6. The van der Waals surface area contributed by atoms with E-state index in [2.05, 4.69) is 9.72 Å². The molecule has 0 aliphatic carbocycles. The number of hydrogen-bond donors (Lipinski definition) is 0. The second-order valence-corrected chi connectivity index (χ2v) is 2.31. The first-order valence-corrected chi connectivity index (χ1v) is 3.73. The van der Waals surface area contributed by atoms with E-state index in [-0.39, 0.29) is 17.6 Å². The molecule has 0 spiro atoms. The van der Waals surface area contributed by atoms with Crippen LogP contribution in [0.1, 0.15) is 17.3 Å². The third-order valence-electron chi connectivity index (χ3n) is 1.41. The molecule has 3 nitrogen and oxygen atoms in total. The van der Waals surface area contributed by atoms with Crippen molar-refractivity contribution in [2.24, 2.45) is 0 Å². The Morgan fingerprint density at radius 3 is 2.92 bits per heavy atom. The van der Waals surface area contributed by atoms with Gasteiger partial charge in [0.05, 0.1) is 18.4 Å². The minimum absolute atomic E-state index is 0.0153. The lowest BCUT2D eigenvalue weighted by atomic mass is 9.92. The first-order chi connectivity index (χ1) is 6.16. The van der Waals surface area contributed by atoms with Crippen LogP contribution in [0.15, 0.2) is 12.4 Å². The number of halogens is 1. The predicted molar refractivity (Wildman–Crippen MR) is 45.5 cm³/mol. The Morgan fingerprint density at radius 2 is 2.38 bits per heavy atom. The lowest BCUT2D eigenvalue weighted by Gasteiger charge is -2.05. The van der Waals surface area contributed by atoms with Gasteiger partial charge in [0.15, 0.2) is 5.82 Å². The van der Waals surface area contributed by atoms with Gasteiger partial charge >= 0.3 is 5.97 Å². The zero-order valence-electron chi connectivity index (χ0n) is 7.08. The minimum atomic E-state index is -0.765. The molecule has 0 amide bonds. The second kappa shape index (κ2) is 4.02. The Kier molecular flexibility index (Phi) is 3.00. The largest absolute Gasteiger partial charge is 0.462 e. The summed E-state index contributed by atoms with van der Waals surface area (Å²) in [5, 5.41) is 0. The molecule has 0 N–H and O–H groups in total. The maximum Gasteiger partial charge on any atom is 0.340 e. The maximum atomic E-state index is 13.0. The topological polar surface area (TPSA) is 39.2 Å². The molecule has 0 saturated heterocycles. The molecule has 2 radical (unpaired) electrons. The van der Waals surface area contributed by atoms with Gasteiger partial charge in [-0.05, 0) is 6.92 Å². The van der Waals surface area contributed by atoms with Crippen molar-refractivity contribution in [3.63, 3.8) is 0 Å². The van der Waals surface area contributed by atoms with E-state index in [0.717, 1.165) is 6.20 Å². The Bertz CT molecular complexity index is 310. The van der Waals surface area contributed by atoms with Crippen molar-refractivity contribution in [2.75, 3.05) is 6.61 Å². The standard InChI is InChI=1S/C8H7BFNO2/c1-2-13-8(12)7-5(9)3-11-4-6(7)10/h3-4H,2H2,1H3. The average molecular weight is 179 g/mol. The summed E-state index contributed by atoms with van der Waals surface area (Å²) in [7, 11) is 5.35. The summed E-state index contributed by atoms with van der Waals surface area (Å²) in [6.45, 7) is 1.81. The van der Waals surface area contributed by atoms with Crippen LogP contribution in [0.4, 0.5) is 4.39 Å². The van der Waals surface area contributed by atoms with E-state index in [1.165, 1.54) is 6.20 Å². The normalized spacial score (nSPS) is 9.69. The van der Waals surface area contributed by atoms with Gasteiger partial charge in [0.2, 0.25) is 0 Å². The molecule has 13 heavy (non-hydrogen) atoms. The van der Waals surface area contributed by atoms with Crippen LogP contribution in [0.5, 0.6) is 0 Å². The molecule has 1 aromatic rings. The number of pyridine rings is 1. The molecule has 0 atom stereocenters. The highest BCUT2D eigenvalue weighted by Crippen LogP contribution is 2.03. The third-order valence-corrected chi connectivity index (χ3v) is 1.41. The van der Waals surface area contributed by atoms with Crippen molar-refractivity contribution in [3.8, 4) is 0 Å². The fourth-order valence-corrected chi connectivity index (χ4v) is 0.869. The van der Waals surface area contributed by atoms with Gasteiger partial charge < -0.3 is 4.74 Å². The SMILES string of the molecule is [B]c1cncc(F)c1C(=O)OCC. The van der Waals surface area contributed by atoms with Gasteiger partial charge in [0, 0.05) is 6.20 Å². The molecular formula is C8H7BFNO2. The van der Waals surface area contributed by atoms with Gasteiger partial charge in [-0.2, -0.15) is 0 Å². The second-order valence-electron chi connectivity index (χ2n) is 2.31. The maximum absolute atomic E-state index is 13.0. The lowest BCUT2D eigenvalue weighted by Crippen LogP contribution is -2.21.